The molecule has 0 aliphatic carbocycles. The molecule has 9 nitrogen and oxygen atoms in total. The highest BCUT2D eigenvalue weighted by molar-refractivity contribution is 6.32. The van der Waals surface area contributed by atoms with Crippen molar-refractivity contribution in [2.75, 3.05) is 14.2 Å². The average molecular weight is 466 g/mol. The van der Waals surface area contributed by atoms with Crippen molar-refractivity contribution in [2.24, 2.45) is 14.1 Å². The summed E-state index contributed by atoms with van der Waals surface area (Å²) >= 11 is 6.40. The lowest BCUT2D eigenvalue weighted by atomic mass is 10.1. The molecule has 33 heavy (non-hydrogen) atoms. The number of hydrogen-bond acceptors (Lipinski definition) is 5. The van der Waals surface area contributed by atoms with Crippen LogP contribution in [0.4, 0.5) is 0 Å². The quantitative estimate of drug-likeness (QED) is 0.407. The second-order valence-electron chi connectivity index (χ2n) is 7.56. The van der Waals surface area contributed by atoms with Gasteiger partial charge in [0.15, 0.2) is 11.2 Å². The number of halogens is 1. The zero-order chi connectivity index (χ0) is 23.4. The Labute approximate surface area is 192 Å². The molecule has 3 heterocycles. The van der Waals surface area contributed by atoms with Crippen LogP contribution in [0.15, 0.2) is 58.3 Å². The molecule has 3 aromatic heterocycles. The van der Waals surface area contributed by atoms with Crippen LogP contribution in [0.2, 0.25) is 5.02 Å². The third kappa shape index (κ3) is 3.04. The average Bonchev–Trinajstić information content (AvgIpc) is 3.38. The first-order valence-electron chi connectivity index (χ1n) is 10.0. The van der Waals surface area contributed by atoms with E-state index in [0.29, 0.717) is 33.5 Å². The molecule has 0 spiro atoms. The molecule has 168 valence electrons. The summed E-state index contributed by atoms with van der Waals surface area (Å²) < 4.78 is 16.6. The number of fused-ring (bicyclic) bond motifs is 3. The van der Waals surface area contributed by atoms with Crippen molar-refractivity contribution in [2.45, 2.75) is 0 Å². The van der Waals surface area contributed by atoms with Crippen molar-refractivity contribution < 1.29 is 9.47 Å². The van der Waals surface area contributed by atoms with Crippen molar-refractivity contribution in [3.8, 4) is 28.4 Å². The highest BCUT2D eigenvalue weighted by Crippen LogP contribution is 2.34. The van der Waals surface area contributed by atoms with E-state index in [0.717, 1.165) is 21.5 Å². The molecule has 0 bridgehead atoms. The Hall–Kier alpha value is -3.98. The third-order valence-corrected chi connectivity index (χ3v) is 6.04. The van der Waals surface area contributed by atoms with Crippen molar-refractivity contribution in [1.29, 1.82) is 0 Å². The molecule has 10 heteroatoms. The maximum Gasteiger partial charge on any atom is 0.332 e. The molecule has 0 saturated carbocycles. The van der Waals surface area contributed by atoms with Crippen molar-refractivity contribution in [3.05, 3.63) is 74.5 Å². The number of nitrogens with zero attached hydrogens (tertiary/aromatic N) is 5. The summed E-state index contributed by atoms with van der Waals surface area (Å²) in [5.74, 6) is 1.75. The fourth-order valence-electron chi connectivity index (χ4n) is 3.99. The van der Waals surface area contributed by atoms with Crippen LogP contribution >= 0.6 is 11.6 Å². The summed E-state index contributed by atoms with van der Waals surface area (Å²) in [5.41, 5.74) is 2.10. The largest absolute Gasteiger partial charge is 0.497 e. The van der Waals surface area contributed by atoms with E-state index < -0.39 is 11.2 Å². The normalized spacial score (nSPS) is 11.4. The van der Waals surface area contributed by atoms with E-state index in [2.05, 4.69) is 4.98 Å². The zero-order valence-electron chi connectivity index (χ0n) is 18.4. The van der Waals surface area contributed by atoms with Gasteiger partial charge in [0.25, 0.3) is 5.56 Å². The number of imidazole rings is 2. The van der Waals surface area contributed by atoms with E-state index in [1.165, 1.54) is 11.6 Å². The molecule has 0 atom stereocenters. The number of ether oxygens (including phenoxy) is 2. The summed E-state index contributed by atoms with van der Waals surface area (Å²) in [7, 11) is 6.21. The molecule has 2 aromatic carbocycles. The Morgan fingerprint density at radius 2 is 1.67 bits per heavy atom. The second-order valence-corrected chi connectivity index (χ2v) is 7.96. The molecule has 0 radical (unpaired) electrons. The Bertz CT molecular complexity index is 1660. The van der Waals surface area contributed by atoms with Gasteiger partial charge in [-0.05, 0) is 42.5 Å². The SMILES string of the molecule is COc1ccc(-n2c(-c3ccc(OC)c(Cl)c3)cn3c4c(=O)n(C)c(=O)n(C)c4nc23)cc1. The predicted molar refractivity (Wildman–Crippen MR) is 126 cm³/mol. The van der Waals surface area contributed by atoms with Gasteiger partial charge in [0.2, 0.25) is 5.78 Å². The van der Waals surface area contributed by atoms with E-state index >= 15 is 0 Å². The molecule has 0 saturated heterocycles. The first kappa shape index (κ1) is 20.9. The molecule has 0 fully saturated rings. The first-order chi connectivity index (χ1) is 15.8. The van der Waals surface area contributed by atoms with Gasteiger partial charge in [0.1, 0.15) is 11.5 Å². The van der Waals surface area contributed by atoms with Crippen LogP contribution in [-0.2, 0) is 14.1 Å². The summed E-state index contributed by atoms with van der Waals surface area (Å²) in [5, 5.41) is 0.457. The maximum absolute atomic E-state index is 13.0. The lowest BCUT2D eigenvalue weighted by Gasteiger charge is -2.11. The number of aryl methyl sites for hydroxylation is 1. The Kier molecular flexibility index (Phi) is 4.79. The predicted octanol–water partition coefficient (Wildman–Crippen LogP) is 3.01. The van der Waals surface area contributed by atoms with E-state index in [1.54, 1.807) is 37.8 Å². The summed E-state index contributed by atoms with van der Waals surface area (Å²) in [6, 6.07) is 12.9. The molecule has 0 N–H and O–H groups in total. The molecule has 5 rings (SSSR count). The van der Waals surface area contributed by atoms with Gasteiger partial charge in [0, 0.05) is 31.5 Å². The number of rotatable bonds is 4. The van der Waals surface area contributed by atoms with Crippen molar-refractivity contribution >= 4 is 28.5 Å². The standard InChI is InChI=1S/C23H20ClN5O4/c1-26-20-19(21(30)27(2)23(26)31)28-12-17(13-5-10-18(33-4)16(24)11-13)29(22(28)25-20)14-6-8-15(32-3)9-7-14/h5-12H,1-4H3. The van der Waals surface area contributed by atoms with Crippen LogP contribution in [0.3, 0.4) is 0 Å². The Morgan fingerprint density at radius 3 is 2.30 bits per heavy atom. The molecule has 0 unspecified atom stereocenters. The van der Waals surface area contributed by atoms with Crippen molar-refractivity contribution in [3.63, 3.8) is 0 Å². The van der Waals surface area contributed by atoms with Gasteiger partial charge in [0.05, 0.1) is 24.9 Å². The molecule has 5 aromatic rings. The van der Waals surface area contributed by atoms with Gasteiger partial charge in [-0.3, -0.25) is 22.9 Å². The summed E-state index contributed by atoms with van der Waals surface area (Å²) in [6.45, 7) is 0. The van der Waals surface area contributed by atoms with Crippen LogP contribution in [0.25, 0.3) is 33.9 Å². The highest BCUT2D eigenvalue weighted by Gasteiger charge is 2.22. The van der Waals surface area contributed by atoms with Gasteiger partial charge in [-0.15, -0.1) is 0 Å². The molecule has 0 amide bonds. The zero-order valence-corrected chi connectivity index (χ0v) is 19.1. The minimum Gasteiger partial charge on any atom is -0.497 e. The second kappa shape index (κ2) is 7.56. The van der Waals surface area contributed by atoms with E-state index in [1.807, 2.05) is 41.1 Å². The smallest absolute Gasteiger partial charge is 0.332 e. The van der Waals surface area contributed by atoms with Crippen LogP contribution in [-0.4, -0.2) is 37.3 Å². The molecule has 0 aliphatic heterocycles. The van der Waals surface area contributed by atoms with Gasteiger partial charge < -0.3 is 9.47 Å². The minimum atomic E-state index is -0.439. The molecule has 0 aliphatic rings. The highest BCUT2D eigenvalue weighted by atomic mass is 35.5. The summed E-state index contributed by atoms with van der Waals surface area (Å²) in [4.78, 5) is 30.1. The van der Waals surface area contributed by atoms with Crippen LogP contribution in [0.5, 0.6) is 11.5 Å². The van der Waals surface area contributed by atoms with E-state index in [4.69, 9.17) is 21.1 Å². The lowest BCUT2D eigenvalue weighted by Crippen LogP contribution is -2.37. The topological polar surface area (TPSA) is 84.7 Å². The number of methoxy groups -OCH3 is 2. The minimum absolute atomic E-state index is 0.305. The van der Waals surface area contributed by atoms with Gasteiger partial charge >= 0.3 is 5.69 Å². The third-order valence-electron chi connectivity index (χ3n) is 5.74. The van der Waals surface area contributed by atoms with E-state index in [-0.39, 0.29) is 0 Å². The van der Waals surface area contributed by atoms with Crippen LogP contribution in [0, 0.1) is 0 Å². The fourth-order valence-corrected chi connectivity index (χ4v) is 4.24. The van der Waals surface area contributed by atoms with Gasteiger partial charge in [-0.1, -0.05) is 11.6 Å². The Balaban J connectivity index is 1.90. The van der Waals surface area contributed by atoms with Crippen LogP contribution < -0.4 is 20.7 Å². The van der Waals surface area contributed by atoms with Crippen molar-refractivity contribution in [1.82, 2.24) is 23.1 Å². The van der Waals surface area contributed by atoms with Crippen LogP contribution in [0.1, 0.15) is 0 Å². The number of aromatic nitrogens is 5. The summed E-state index contributed by atoms with van der Waals surface area (Å²) in [6.07, 6.45) is 1.82. The Morgan fingerprint density at radius 1 is 0.939 bits per heavy atom. The molecular formula is C23H20ClN5O4. The monoisotopic (exact) mass is 465 g/mol. The van der Waals surface area contributed by atoms with Gasteiger partial charge in [-0.25, -0.2) is 4.79 Å². The molecular weight excluding hydrogens is 446 g/mol. The first-order valence-corrected chi connectivity index (χ1v) is 10.4. The lowest BCUT2D eigenvalue weighted by molar-refractivity contribution is 0.414. The maximum atomic E-state index is 13.0. The van der Waals surface area contributed by atoms with E-state index in [9.17, 15) is 9.59 Å². The number of benzene rings is 2. The van der Waals surface area contributed by atoms with Gasteiger partial charge in [-0.2, -0.15) is 4.98 Å². The number of hydrogen-bond donors (Lipinski definition) is 0. The fraction of sp³-hybridized carbons (Fsp3) is 0.174.